The summed E-state index contributed by atoms with van der Waals surface area (Å²) >= 11 is 0. The number of hydrogen-bond donors (Lipinski definition) is 3. The highest BCUT2D eigenvalue weighted by Gasteiger charge is 2.30. The van der Waals surface area contributed by atoms with Crippen molar-refractivity contribution in [3.8, 4) is 0 Å². The molecule has 600 valence electrons. The lowest BCUT2D eigenvalue weighted by Crippen LogP contribution is -2.30. The molecule has 0 amide bonds. The Morgan fingerprint density at radius 1 is 0.277 bits per heavy atom. The summed E-state index contributed by atoms with van der Waals surface area (Å²) in [6.07, 6.45) is 58.1. The molecule has 0 bridgehead atoms. The van der Waals surface area contributed by atoms with Gasteiger partial charge in [0.2, 0.25) is 0 Å². The van der Waals surface area contributed by atoms with Gasteiger partial charge in [-0.05, 0) is 49.4 Å². The van der Waals surface area contributed by atoms with Crippen molar-refractivity contribution in [2.24, 2.45) is 23.7 Å². The molecule has 101 heavy (non-hydrogen) atoms. The Morgan fingerprint density at radius 3 is 0.703 bits per heavy atom. The molecule has 3 N–H and O–H groups in total. The lowest BCUT2D eigenvalue weighted by molar-refractivity contribution is -0.161. The van der Waals surface area contributed by atoms with Crippen LogP contribution in [0.3, 0.4) is 0 Å². The minimum Gasteiger partial charge on any atom is -0.462 e. The third-order valence-electron chi connectivity index (χ3n) is 19.4. The van der Waals surface area contributed by atoms with Gasteiger partial charge in [-0.1, -0.05) is 370 Å². The molecule has 0 saturated carbocycles. The third-order valence-corrected chi connectivity index (χ3v) is 21.3. The molecule has 0 saturated heterocycles. The SMILES string of the molecule is CCC(C)CCCCCCCCCCC(=O)OC[C@H](COP(=O)(O)OC[C@H](O)COP(=O)(O)OC[C@@H](COC(=O)CCCCCCCCCCCCCCCCC(C)C)OC(=O)CCCCCCCCCCCCCCCCCC(C)C)OC(=O)CCCCCCCCCCCCCC(C)C. The van der Waals surface area contributed by atoms with Gasteiger partial charge >= 0.3 is 39.5 Å². The van der Waals surface area contributed by atoms with E-state index in [1.807, 2.05) is 0 Å². The molecule has 0 aliphatic heterocycles. The Labute approximate surface area is 619 Å². The molecule has 17 nitrogen and oxygen atoms in total. The molecule has 0 radical (unpaired) electrons. The first-order valence-corrected chi connectivity index (χ1v) is 45.2. The minimum absolute atomic E-state index is 0.106. The van der Waals surface area contributed by atoms with Crippen LogP contribution in [0, 0.1) is 23.7 Å². The summed E-state index contributed by atoms with van der Waals surface area (Å²) in [5.74, 6) is 1.03. The molecule has 0 aromatic heterocycles. The first-order valence-electron chi connectivity index (χ1n) is 42.2. The molecule has 3 unspecified atom stereocenters. The Hall–Kier alpha value is -1.94. The quantitative estimate of drug-likeness (QED) is 0.0222. The Bertz CT molecular complexity index is 1970. The second-order valence-electron chi connectivity index (χ2n) is 31.2. The van der Waals surface area contributed by atoms with E-state index in [9.17, 15) is 43.2 Å². The van der Waals surface area contributed by atoms with Gasteiger partial charge in [0.1, 0.15) is 19.3 Å². The molecular formula is C82H160O17P2. The van der Waals surface area contributed by atoms with Gasteiger partial charge in [0.05, 0.1) is 26.4 Å². The van der Waals surface area contributed by atoms with Crippen LogP contribution in [0.1, 0.15) is 421 Å². The van der Waals surface area contributed by atoms with Crippen molar-refractivity contribution in [3.05, 3.63) is 0 Å². The van der Waals surface area contributed by atoms with Crippen LogP contribution in [0.2, 0.25) is 0 Å². The molecule has 0 heterocycles. The van der Waals surface area contributed by atoms with Gasteiger partial charge in [-0.2, -0.15) is 0 Å². The molecule has 0 fully saturated rings. The number of phosphoric ester groups is 2. The number of unbranched alkanes of at least 4 members (excludes halogenated alkanes) is 44. The van der Waals surface area contributed by atoms with Crippen molar-refractivity contribution in [2.75, 3.05) is 39.6 Å². The number of esters is 4. The van der Waals surface area contributed by atoms with Gasteiger partial charge in [0.25, 0.3) is 0 Å². The van der Waals surface area contributed by atoms with Crippen LogP contribution in [0.5, 0.6) is 0 Å². The molecule has 6 atom stereocenters. The highest BCUT2D eigenvalue weighted by molar-refractivity contribution is 7.47. The van der Waals surface area contributed by atoms with Gasteiger partial charge < -0.3 is 33.8 Å². The Morgan fingerprint density at radius 2 is 0.475 bits per heavy atom. The van der Waals surface area contributed by atoms with E-state index in [1.54, 1.807) is 0 Å². The van der Waals surface area contributed by atoms with Crippen LogP contribution in [-0.4, -0.2) is 96.7 Å². The van der Waals surface area contributed by atoms with E-state index >= 15 is 0 Å². The number of hydrogen-bond acceptors (Lipinski definition) is 15. The number of rotatable bonds is 79. The number of carbonyl (C=O) groups excluding carboxylic acids is 4. The fraction of sp³-hybridized carbons (Fsp3) is 0.951. The van der Waals surface area contributed by atoms with E-state index in [4.69, 9.17) is 37.0 Å². The summed E-state index contributed by atoms with van der Waals surface area (Å²) < 4.78 is 68.8. The van der Waals surface area contributed by atoms with Crippen LogP contribution >= 0.6 is 15.6 Å². The summed E-state index contributed by atoms with van der Waals surface area (Å²) in [5.41, 5.74) is 0. The van der Waals surface area contributed by atoms with Gasteiger partial charge in [0.15, 0.2) is 12.2 Å². The number of aliphatic hydroxyl groups excluding tert-OH is 1. The molecule has 0 aromatic rings. The molecule has 0 aliphatic carbocycles. The molecule has 0 spiro atoms. The van der Waals surface area contributed by atoms with Crippen molar-refractivity contribution < 1.29 is 80.2 Å². The zero-order chi connectivity index (χ0) is 74.6. The van der Waals surface area contributed by atoms with E-state index in [2.05, 4.69) is 55.4 Å². The molecule has 19 heteroatoms. The zero-order valence-corrected chi connectivity index (χ0v) is 68.3. The van der Waals surface area contributed by atoms with Crippen molar-refractivity contribution in [1.29, 1.82) is 0 Å². The minimum atomic E-state index is -4.96. The molecule has 0 aliphatic rings. The Balaban J connectivity index is 5.27. The molecular weight excluding hydrogens is 1320 g/mol. The maximum atomic E-state index is 13.1. The maximum absolute atomic E-state index is 13.1. The highest BCUT2D eigenvalue weighted by Crippen LogP contribution is 2.45. The highest BCUT2D eigenvalue weighted by atomic mass is 31.2. The number of carbonyl (C=O) groups is 4. The number of aliphatic hydroxyl groups is 1. The van der Waals surface area contributed by atoms with Crippen LogP contribution in [0.15, 0.2) is 0 Å². The largest absolute Gasteiger partial charge is 0.472 e. The van der Waals surface area contributed by atoms with E-state index in [-0.39, 0.29) is 25.7 Å². The van der Waals surface area contributed by atoms with E-state index in [0.717, 1.165) is 114 Å². The van der Waals surface area contributed by atoms with Crippen LogP contribution in [0.25, 0.3) is 0 Å². The average molecular weight is 1480 g/mol. The maximum Gasteiger partial charge on any atom is 0.472 e. The van der Waals surface area contributed by atoms with E-state index in [1.165, 1.54) is 225 Å². The van der Waals surface area contributed by atoms with Gasteiger partial charge in [0, 0.05) is 25.7 Å². The van der Waals surface area contributed by atoms with E-state index in [0.29, 0.717) is 25.7 Å². The van der Waals surface area contributed by atoms with E-state index < -0.39 is 97.5 Å². The lowest BCUT2D eigenvalue weighted by Gasteiger charge is -2.21. The van der Waals surface area contributed by atoms with Gasteiger partial charge in [-0.3, -0.25) is 37.3 Å². The normalized spacial score (nSPS) is 14.3. The summed E-state index contributed by atoms with van der Waals surface area (Å²) in [6, 6.07) is 0. The monoisotopic (exact) mass is 1480 g/mol. The van der Waals surface area contributed by atoms with Crippen LogP contribution < -0.4 is 0 Å². The summed E-state index contributed by atoms with van der Waals surface area (Å²) in [5, 5.41) is 10.7. The number of ether oxygens (including phenoxy) is 4. The fourth-order valence-corrected chi connectivity index (χ4v) is 14.2. The fourth-order valence-electron chi connectivity index (χ4n) is 12.6. The van der Waals surface area contributed by atoms with Crippen molar-refractivity contribution in [1.82, 2.24) is 0 Å². The third kappa shape index (κ3) is 74.7. The smallest absolute Gasteiger partial charge is 0.462 e. The van der Waals surface area contributed by atoms with Crippen LogP contribution in [-0.2, 0) is 65.4 Å². The molecule has 0 rings (SSSR count). The average Bonchev–Trinajstić information content (AvgIpc) is 0.934. The predicted molar refractivity (Wildman–Crippen MR) is 414 cm³/mol. The van der Waals surface area contributed by atoms with Gasteiger partial charge in [-0.25, -0.2) is 9.13 Å². The second-order valence-corrected chi connectivity index (χ2v) is 34.1. The summed E-state index contributed by atoms with van der Waals surface area (Å²) in [7, 11) is -9.93. The van der Waals surface area contributed by atoms with Gasteiger partial charge in [-0.15, -0.1) is 0 Å². The first kappa shape index (κ1) is 99.1. The number of phosphoric acid groups is 2. The first-order chi connectivity index (χ1) is 48.6. The van der Waals surface area contributed by atoms with Crippen molar-refractivity contribution in [2.45, 2.75) is 440 Å². The Kier molecular flexibility index (Phi) is 69.6. The van der Waals surface area contributed by atoms with Crippen molar-refractivity contribution in [3.63, 3.8) is 0 Å². The summed E-state index contributed by atoms with van der Waals surface area (Å²) in [4.78, 5) is 73.1. The molecule has 0 aromatic carbocycles. The zero-order valence-electron chi connectivity index (χ0n) is 66.5. The lowest BCUT2D eigenvalue weighted by atomic mass is 9.99. The van der Waals surface area contributed by atoms with Crippen LogP contribution in [0.4, 0.5) is 0 Å². The summed E-state index contributed by atoms with van der Waals surface area (Å²) in [6.45, 7) is 14.3. The van der Waals surface area contributed by atoms with Crippen molar-refractivity contribution >= 4 is 39.5 Å². The predicted octanol–water partition coefficient (Wildman–Crippen LogP) is 24.4. The second kappa shape index (κ2) is 71.0. The topological polar surface area (TPSA) is 237 Å². The standard InChI is InChI=1S/C82H160O17P2/c1-9-75(8)61-53-45-37-32-33-39-47-55-63-80(85)93-69-78(99-82(87)65-57-49-41-31-25-19-22-28-36-44-52-60-74(6)7)71-97-101(90,91)95-67-76(83)66-94-100(88,89)96-70-77(68-92-79(84)62-54-46-38-29-23-17-14-13-16-21-27-35-43-51-59-73(4)5)98-81(86)64-56-48-40-30-24-18-12-10-11-15-20-26-34-42-50-58-72(2)3/h72-78,83H,9-71H2,1-8H3,(H,88,89)(H,90,91)/t75?,76-,77-,78-/m1/s1.